The van der Waals surface area contributed by atoms with Crippen LogP contribution in [-0.4, -0.2) is 14.2 Å². The first-order chi connectivity index (χ1) is 15.6. The third-order valence-electron chi connectivity index (χ3n) is 4.80. The Morgan fingerprint density at radius 2 is 0.938 bits per heavy atom. The van der Waals surface area contributed by atoms with E-state index >= 15 is 0 Å². The molecule has 4 rings (SSSR count). The number of methoxy groups -OCH3 is 2. The Kier molecular flexibility index (Phi) is 7.68. The van der Waals surface area contributed by atoms with Gasteiger partial charge in [-0.2, -0.15) is 0 Å². The summed E-state index contributed by atoms with van der Waals surface area (Å²) >= 11 is 12.9. The van der Waals surface area contributed by atoms with Crippen molar-refractivity contribution in [3.63, 3.8) is 0 Å². The Morgan fingerprint density at radius 3 is 1.28 bits per heavy atom. The van der Waals surface area contributed by atoms with Gasteiger partial charge < -0.3 is 9.47 Å². The molecule has 4 aromatic rings. The van der Waals surface area contributed by atoms with Gasteiger partial charge in [-0.1, -0.05) is 59.9 Å². The normalized spacial score (nSPS) is 10.8. The van der Waals surface area contributed by atoms with E-state index in [4.69, 9.17) is 34.7 Å². The molecular weight excluding hydrogens is 473 g/mol. The maximum Gasteiger partial charge on any atom is 0.133 e. The molecule has 0 aromatic heterocycles. The zero-order valence-corrected chi connectivity index (χ0v) is 21.0. The molecule has 0 fully saturated rings. The Bertz CT molecular complexity index is 1110. The second kappa shape index (κ2) is 10.7. The van der Waals surface area contributed by atoms with Gasteiger partial charge in [-0.3, -0.25) is 0 Å². The van der Waals surface area contributed by atoms with E-state index in [-0.39, 0.29) is 0 Å². The maximum absolute atomic E-state index is 5.72. The van der Waals surface area contributed by atoms with Crippen molar-refractivity contribution in [3.8, 4) is 22.6 Å². The number of rotatable bonds is 7. The lowest BCUT2D eigenvalue weighted by Crippen LogP contribution is -1.93. The van der Waals surface area contributed by atoms with Gasteiger partial charge in [-0.15, -0.1) is 25.3 Å². The van der Waals surface area contributed by atoms with E-state index in [9.17, 15) is 0 Å². The van der Waals surface area contributed by atoms with Gasteiger partial charge in [0.05, 0.1) is 24.0 Å². The highest BCUT2D eigenvalue weighted by atomic mass is 32.2. The van der Waals surface area contributed by atoms with E-state index in [1.54, 1.807) is 37.7 Å². The molecule has 0 unspecified atom stereocenters. The molecule has 0 N–H and O–H groups in total. The van der Waals surface area contributed by atoms with Crippen LogP contribution in [-0.2, 0) is 0 Å². The number of benzene rings is 4. The van der Waals surface area contributed by atoms with Gasteiger partial charge in [0, 0.05) is 19.6 Å². The van der Waals surface area contributed by atoms with Crippen LogP contribution in [0.5, 0.6) is 11.5 Å². The molecule has 0 aliphatic heterocycles. The van der Waals surface area contributed by atoms with E-state index in [0.29, 0.717) is 0 Å². The summed E-state index contributed by atoms with van der Waals surface area (Å²) < 4.78 is 11.4. The van der Waals surface area contributed by atoms with Crippen molar-refractivity contribution in [3.05, 3.63) is 84.9 Å². The molecule has 0 saturated heterocycles. The number of ether oxygens (including phenoxy) is 2. The van der Waals surface area contributed by atoms with Crippen molar-refractivity contribution < 1.29 is 9.47 Å². The van der Waals surface area contributed by atoms with Gasteiger partial charge in [0.25, 0.3) is 0 Å². The largest absolute Gasteiger partial charge is 0.496 e. The lowest BCUT2D eigenvalue weighted by atomic mass is 10.0. The maximum atomic E-state index is 5.72. The van der Waals surface area contributed by atoms with Crippen LogP contribution in [0.4, 0.5) is 0 Å². The van der Waals surface area contributed by atoms with Gasteiger partial charge in [-0.05, 0) is 59.7 Å². The summed E-state index contributed by atoms with van der Waals surface area (Å²) in [6.07, 6.45) is 0. The molecule has 162 valence electrons. The summed E-state index contributed by atoms with van der Waals surface area (Å²) in [6, 6.07) is 28.6. The summed E-state index contributed by atoms with van der Waals surface area (Å²) in [7, 11) is 3.38. The monoisotopic (exact) mass is 494 g/mol. The van der Waals surface area contributed by atoms with Crippen molar-refractivity contribution in [1.29, 1.82) is 0 Å². The molecule has 32 heavy (non-hydrogen) atoms. The van der Waals surface area contributed by atoms with E-state index in [2.05, 4.69) is 24.3 Å². The highest BCUT2D eigenvalue weighted by Crippen LogP contribution is 2.45. The summed E-state index contributed by atoms with van der Waals surface area (Å²) in [5.41, 5.74) is 1.89. The molecule has 0 heterocycles. The highest BCUT2D eigenvalue weighted by molar-refractivity contribution is 7.99. The minimum atomic E-state index is 0.793. The lowest BCUT2D eigenvalue weighted by Gasteiger charge is -2.17. The van der Waals surface area contributed by atoms with E-state index in [1.807, 2.05) is 60.7 Å². The summed E-state index contributed by atoms with van der Waals surface area (Å²) in [6.45, 7) is 0. The van der Waals surface area contributed by atoms with Gasteiger partial charge in [0.2, 0.25) is 0 Å². The predicted molar refractivity (Wildman–Crippen MR) is 141 cm³/mol. The van der Waals surface area contributed by atoms with Crippen LogP contribution in [0.25, 0.3) is 11.1 Å². The van der Waals surface area contributed by atoms with Gasteiger partial charge >= 0.3 is 0 Å². The molecule has 0 bridgehead atoms. The molecule has 4 aromatic carbocycles. The minimum Gasteiger partial charge on any atom is -0.496 e. The van der Waals surface area contributed by atoms with E-state index < -0.39 is 0 Å². The minimum absolute atomic E-state index is 0.793. The van der Waals surface area contributed by atoms with Crippen LogP contribution in [0.15, 0.2) is 114 Å². The van der Waals surface area contributed by atoms with Crippen LogP contribution in [0.2, 0.25) is 0 Å². The summed E-state index contributed by atoms with van der Waals surface area (Å²) in [5.74, 6) is 1.59. The van der Waals surface area contributed by atoms with Crippen LogP contribution < -0.4 is 9.47 Å². The third-order valence-corrected chi connectivity index (χ3v) is 7.63. The van der Waals surface area contributed by atoms with E-state index in [0.717, 1.165) is 52.0 Å². The fraction of sp³-hybridized carbons (Fsp3) is 0.0769. The Balaban J connectivity index is 1.72. The lowest BCUT2D eigenvalue weighted by molar-refractivity contribution is 0.403. The molecular formula is C26H22O2S4. The molecule has 2 nitrogen and oxygen atoms in total. The second-order valence-electron chi connectivity index (χ2n) is 6.87. The average molecular weight is 495 g/mol. The summed E-state index contributed by atoms with van der Waals surface area (Å²) in [4.78, 5) is 6.01. The topological polar surface area (TPSA) is 18.5 Å². The standard InChI is InChI=1S/C26H22O2S4/c1-27-21-13-19(23(29)15-25(21)31-17-9-5-3-6-10-17)20-14-22(28-2)26(16-24(20)30)32-18-11-7-4-8-12-18/h3-16,29-30H,1-2H3. The first kappa shape index (κ1) is 23.1. The van der Waals surface area contributed by atoms with Crippen LogP contribution in [0, 0.1) is 0 Å². The van der Waals surface area contributed by atoms with Gasteiger partial charge in [-0.25, -0.2) is 0 Å². The van der Waals surface area contributed by atoms with Crippen molar-refractivity contribution in [2.75, 3.05) is 14.2 Å². The van der Waals surface area contributed by atoms with Crippen molar-refractivity contribution in [2.24, 2.45) is 0 Å². The molecule has 0 radical (unpaired) electrons. The van der Waals surface area contributed by atoms with Gasteiger partial charge in [0.15, 0.2) is 0 Å². The summed E-state index contributed by atoms with van der Waals surface area (Å²) in [5, 5.41) is 0. The Hall–Kier alpha value is -2.12. The molecule has 6 heteroatoms. The fourth-order valence-corrected chi connectivity index (χ4v) is 5.98. The fourth-order valence-electron chi connectivity index (χ4n) is 3.24. The smallest absolute Gasteiger partial charge is 0.133 e. The van der Waals surface area contributed by atoms with E-state index in [1.165, 1.54) is 0 Å². The van der Waals surface area contributed by atoms with Crippen molar-refractivity contribution in [2.45, 2.75) is 29.4 Å². The van der Waals surface area contributed by atoms with Crippen LogP contribution in [0.1, 0.15) is 0 Å². The molecule has 0 spiro atoms. The highest BCUT2D eigenvalue weighted by Gasteiger charge is 2.17. The van der Waals surface area contributed by atoms with Crippen molar-refractivity contribution in [1.82, 2.24) is 0 Å². The first-order valence-electron chi connectivity index (χ1n) is 9.87. The Morgan fingerprint density at radius 1 is 0.562 bits per heavy atom. The molecule has 0 aliphatic rings. The molecule has 0 atom stereocenters. The quantitative estimate of drug-likeness (QED) is 0.252. The average Bonchev–Trinajstić information content (AvgIpc) is 2.81. The van der Waals surface area contributed by atoms with Gasteiger partial charge in [0.1, 0.15) is 11.5 Å². The zero-order valence-electron chi connectivity index (χ0n) is 17.6. The third kappa shape index (κ3) is 5.26. The molecule has 0 aliphatic carbocycles. The van der Waals surface area contributed by atoms with Crippen LogP contribution >= 0.6 is 48.8 Å². The first-order valence-corrected chi connectivity index (χ1v) is 12.4. The zero-order chi connectivity index (χ0) is 22.5. The van der Waals surface area contributed by atoms with Crippen molar-refractivity contribution >= 4 is 48.8 Å². The number of thiol groups is 2. The van der Waals surface area contributed by atoms with Crippen LogP contribution in [0.3, 0.4) is 0 Å². The second-order valence-corrected chi connectivity index (χ2v) is 10.1. The predicted octanol–water partition coefficient (Wildman–Crippen LogP) is 8.25. The SMILES string of the molecule is COc1cc(-c2cc(OC)c(Sc3ccccc3)cc2S)c(S)cc1Sc1ccccc1. The number of hydrogen-bond acceptors (Lipinski definition) is 6. The molecule has 0 saturated carbocycles. The number of hydrogen-bond donors (Lipinski definition) is 2. The Labute approximate surface area is 208 Å². The molecule has 0 amide bonds.